The summed E-state index contributed by atoms with van der Waals surface area (Å²) in [5.41, 5.74) is 6.64. The molecule has 2 amide bonds. The second-order valence-corrected chi connectivity index (χ2v) is 9.38. The first-order chi connectivity index (χ1) is 17.5. The molecule has 0 saturated heterocycles. The number of aryl methyl sites for hydroxylation is 1. The number of hydrogen-bond acceptors (Lipinski definition) is 5. The van der Waals surface area contributed by atoms with Gasteiger partial charge in [-0.1, -0.05) is 35.9 Å². The van der Waals surface area contributed by atoms with Gasteiger partial charge in [-0.2, -0.15) is 0 Å². The summed E-state index contributed by atoms with van der Waals surface area (Å²) >= 11 is 6.12. The second-order valence-electron chi connectivity index (χ2n) is 8.95. The van der Waals surface area contributed by atoms with E-state index in [1.54, 1.807) is 30.5 Å². The van der Waals surface area contributed by atoms with E-state index in [2.05, 4.69) is 38.1 Å². The third kappa shape index (κ3) is 4.29. The highest BCUT2D eigenvalue weighted by atomic mass is 35.5. The number of amides is 2. The van der Waals surface area contributed by atoms with E-state index in [4.69, 9.17) is 11.6 Å². The quantitative estimate of drug-likeness (QED) is 0.350. The number of carbonyl (C=O) groups excluding carboxylic acids is 2. The van der Waals surface area contributed by atoms with Gasteiger partial charge in [0.15, 0.2) is 0 Å². The summed E-state index contributed by atoms with van der Waals surface area (Å²) in [6.07, 6.45) is 3.73. The van der Waals surface area contributed by atoms with Crippen LogP contribution in [0, 0.1) is 0 Å². The van der Waals surface area contributed by atoms with Crippen molar-refractivity contribution in [2.45, 2.75) is 25.3 Å². The van der Waals surface area contributed by atoms with Gasteiger partial charge in [-0.05, 0) is 66.4 Å². The number of aromatic nitrogens is 2. The Morgan fingerprint density at radius 1 is 1.03 bits per heavy atom. The predicted molar refractivity (Wildman–Crippen MR) is 140 cm³/mol. The van der Waals surface area contributed by atoms with Crippen LogP contribution in [0.1, 0.15) is 39.5 Å². The fraction of sp³-hybridized carbons (Fsp3) is 0.143. The van der Waals surface area contributed by atoms with Gasteiger partial charge in [0.1, 0.15) is 0 Å². The molecule has 0 spiro atoms. The molecule has 0 radical (unpaired) electrons. The maximum Gasteiger partial charge on any atom is 0.251 e. The van der Waals surface area contributed by atoms with Gasteiger partial charge >= 0.3 is 0 Å². The smallest absolute Gasteiger partial charge is 0.251 e. The summed E-state index contributed by atoms with van der Waals surface area (Å²) in [6, 6.07) is 20.8. The standard InChI is InChI=1S/C28H22ClN5O2/c29-19-8-11-22-24(14-19)32-25(35)13-18-15-30-28(34-26(18)22)31-20-9-5-17(6-10-20)27(36)33-23-12-7-16-3-1-2-4-21(16)23/h1-6,8-11,14-15,23H,7,12-13H2,(H,32,35)(H,33,36)(H,30,31,34)/t23-/m1/s1. The largest absolute Gasteiger partial charge is 0.345 e. The first-order valence-electron chi connectivity index (χ1n) is 11.7. The summed E-state index contributed by atoms with van der Waals surface area (Å²) in [6.45, 7) is 0. The molecule has 0 saturated carbocycles. The van der Waals surface area contributed by atoms with Gasteiger partial charge in [0.2, 0.25) is 11.9 Å². The molecule has 0 unspecified atom stereocenters. The van der Waals surface area contributed by atoms with E-state index < -0.39 is 0 Å². The molecule has 3 aromatic carbocycles. The molecule has 1 aliphatic carbocycles. The average Bonchev–Trinajstić information content (AvgIpc) is 3.22. The van der Waals surface area contributed by atoms with Gasteiger partial charge in [0.05, 0.1) is 23.8 Å². The van der Waals surface area contributed by atoms with E-state index in [1.165, 1.54) is 11.1 Å². The van der Waals surface area contributed by atoms with Crippen LogP contribution in [0.5, 0.6) is 0 Å². The molecule has 7 nitrogen and oxygen atoms in total. The predicted octanol–water partition coefficient (Wildman–Crippen LogP) is 5.45. The molecule has 1 aromatic heterocycles. The molecule has 2 heterocycles. The topological polar surface area (TPSA) is 96.0 Å². The number of nitrogens with one attached hydrogen (secondary N) is 3. The lowest BCUT2D eigenvalue weighted by Crippen LogP contribution is -2.27. The van der Waals surface area contributed by atoms with Crippen molar-refractivity contribution in [2.24, 2.45) is 0 Å². The van der Waals surface area contributed by atoms with Crippen molar-refractivity contribution < 1.29 is 9.59 Å². The van der Waals surface area contributed by atoms with E-state index in [0.29, 0.717) is 27.9 Å². The highest BCUT2D eigenvalue weighted by Gasteiger charge is 2.24. The van der Waals surface area contributed by atoms with E-state index in [9.17, 15) is 9.59 Å². The van der Waals surface area contributed by atoms with Crippen LogP contribution in [0.25, 0.3) is 11.3 Å². The molecule has 8 heteroatoms. The number of benzene rings is 3. The number of hydrogen-bond donors (Lipinski definition) is 3. The average molecular weight is 496 g/mol. The van der Waals surface area contributed by atoms with Gasteiger partial charge < -0.3 is 16.0 Å². The molecule has 6 rings (SSSR count). The molecule has 0 bridgehead atoms. The van der Waals surface area contributed by atoms with Crippen LogP contribution in [-0.2, 0) is 17.6 Å². The first-order valence-corrected chi connectivity index (χ1v) is 12.1. The van der Waals surface area contributed by atoms with E-state index in [-0.39, 0.29) is 24.3 Å². The Balaban J connectivity index is 1.19. The third-order valence-electron chi connectivity index (χ3n) is 6.57. The zero-order valence-electron chi connectivity index (χ0n) is 19.2. The van der Waals surface area contributed by atoms with Gasteiger partial charge in [-0.25, -0.2) is 9.97 Å². The Hall–Kier alpha value is -4.23. The number of halogens is 1. The Morgan fingerprint density at radius 3 is 2.72 bits per heavy atom. The zero-order chi connectivity index (χ0) is 24.6. The maximum atomic E-state index is 12.8. The van der Waals surface area contributed by atoms with Crippen molar-refractivity contribution in [2.75, 3.05) is 10.6 Å². The van der Waals surface area contributed by atoms with Crippen LogP contribution < -0.4 is 16.0 Å². The second kappa shape index (κ2) is 9.09. The lowest BCUT2D eigenvalue weighted by molar-refractivity contribution is -0.115. The fourth-order valence-electron chi connectivity index (χ4n) is 4.81. The highest BCUT2D eigenvalue weighted by Crippen LogP contribution is 2.35. The molecule has 178 valence electrons. The van der Waals surface area contributed by atoms with Crippen molar-refractivity contribution in [1.82, 2.24) is 15.3 Å². The van der Waals surface area contributed by atoms with Crippen LogP contribution in [0.2, 0.25) is 5.02 Å². The number of anilines is 3. The monoisotopic (exact) mass is 495 g/mol. The summed E-state index contributed by atoms with van der Waals surface area (Å²) in [7, 11) is 0. The summed E-state index contributed by atoms with van der Waals surface area (Å²) in [5.74, 6) is 0.150. The van der Waals surface area contributed by atoms with Crippen LogP contribution in [-0.4, -0.2) is 21.8 Å². The number of rotatable bonds is 4. The molecule has 1 aliphatic heterocycles. The molecule has 36 heavy (non-hydrogen) atoms. The first kappa shape index (κ1) is 22.2. The summed E-state index contributed by atoms with van der Waals surface area (Å²) in [5, 5.41) is 9.76. The molecule has 2 aliphatic rings. The molecule has 3 N–H and O–H groups in total. The normalized spacial score (nSPS) is 15.7. The van der Waals surface area contributed by atoms with Crippen LogP contribution in [0.4, 0.5) is 17.3 Å². The fourth-order valence-corrected chi connectivity index (χ4v) is 4.98. The Bertz CT molecular complexity index is 1500. The minimum Gasteiger partial charge on any atom is -0.345 e. The number of nitrogens with zero attached hydrogens (tertiary/aromatic N) is 2. The van der Waals surface area contributed by atoms with E-state index in [1.807, 2.05) is 30.3 Å². The maximum absolute atomic E-state index is 12.8. The van der Waals surface area contributed by atoms with Gasteiger partial charge in [-0.15, -0.1) is 0 Å². The molecule has 4 aromatic rings. The van der Waals surface area contributed by atoms with E-state index >= 15 is 0 Å². The lowest BCUT2D eigenvalue weighted by atomic mass is 10.1. The van der Waals surface area contributed by atoms with Crippen molar-refractivity contribution in [3.8, 4) is 11.3 Å². The molecule has 0 fully saturated rings. The number of fused-ring (bicyclic) bond motifs is 4. The van der Waals surface area contributed by atoms with Crippen LogP contribution in [0.15, 0.2) is 72.9 Å². The highest BCUT2D eigenvalue weighted by molar-refractivity contribution is 6.31. The van der Waals surface area contributed by atoms with Gasteiger partial charge in [0.25, 0.3) is 5.91 Å². The summed E-state index contributed by atoms with van der Waals surface area (Å²) < 4.78 is 0. The van der Waals surface area contributed by atoms with Crippen LogP contribution >= 0.6 is 11.6 Å². The lowest BCUT2D eigenvalue weighted by Gasteiger charge is -2.14. The van der Waals surface area contributed by atoms with Gasteiger partial charge in [0, 0.05) is 33.6 Å². The van der Waals surface area contributed by atoms with Crippen molar-refractivity contribution in [3.05, 3.63) is 100 Å². The van der Waals surface area contributed by atoms with Crippen LogP contribution in [0.3, 0.4) is 0 Å². The summed E-state index contributed by atoms with van der Waals surface area (Å²) in [4.78, 5) is 34.2. The van der Waals surface area contributed by atoms with Gasteiger partial charge in [-0.3, -0.25) is 9.59 Å². The van der Waals surface area contributed by atoms with E-state index in [0.717, 1.165) is 29.7 Å². The number of carbonyl (C=O) groups is 2. The zero-order valence-corrected chi connectivity index (χ0v) is 20.0. The Kier molecular flexibility index (Phi) is 5.62. The Labute approximate surface area is 212 Å². The van der Waals surface area contributed by atoms with Crippen molar-refractivity contribution in [3.63, 3.8) is 0 Å². The van der Waals surface area contributed by atoms with Crippen molar-refractivity contribution >= 4 is 40.7 Å². The minimum absolute atomic E-state index is 0.0404. The molecular weight excluding hydrogens is 474 g/mol. The third-order valence-corrected chi connectivity index (χ3v) is 6.80. The molecular formula is C28H22ClN5O2. The Morgan fingerprint density at radius 2 is 1.86 bits per heavy atom. The minimum atomic E-state index is -0.142. The molecule has 1 atom stereocenters. The SMILES string of the molecule is O=C1Cc2cnc(Nc3ccc(C(=O)N[C@@H]4CCc5ccccc54)cc3)nc2-c2ccc(Cl)cc2N1. The van der Waals surface area contributed by atoms with Crippen molar-refractivity contribution in [1.29, 1.82) is 0 Å².